The van der Waals surface area contributed by atoms with Crippen LogP contribution in [0.2, 0.25) is 0 Å². The number of benzene rings is 1. The van der Waals surface area contributed by atoms with Gasteiger partial charge in [0.1, 0.15) is 12.4 Å². The summed E-state index contributed by atoms with van der Waals surface area (Å²) in [7, 11) is 1.56. The number of carbonyl (C=O) groups excluding carboxylic acids is 3. The fourth-order valence-electron chi connectivity index (χ4n) is 2.58. The summed E-state index contributed by atoms with van der Waals surface area (Å²) >= 11 is 0. The summed E-state index contributed by atoms with van der Waals surface area (Å²) < 4.78 is 14.9. The van der Waals surface area contributed by atoms with Gasteiger partial charge >= 0.3 is 6.16 Å². The van der Waals surface area contributed by atoms with Gasteiger partial charge in [0.05, 0.1) is 12.8 Å². The van der Waals surface area contributed by atoms with Crippen molar-refractivity contribution in [2.45, 2.75) is 19.2 Å². The quantitative estimate of drug-likeness (QED) is 0.790. The van der Waals surface area contributed by atoms with Crippen molar-refractivity contribution in [3.63, 3.8) is 0 Å². The van der Waals surface area contributed by atoms with Crippen LogP contribution in [0.3, 0.4) is 0 Å². The van der Waals surface area contributed by atoms with Gasteiger partial charge in [0, 0.05) is 19.2 Å². The minimum Gasteiger partial charge on any atom is -0.467 e. The Labute approximate surface area is 149 Å². The van der Waals surface area contributed by atoms with Gasteiger partial charge in [0.2, 0.25) is 6.10 Å². The Balaban J connectivity index is 1.75. The van der Waals surface area contributed by atoms with Crippen molar-refractivity contribution in [3.05, 3.63) is 59.5 Å². The Bertz CT molecular complexity index is 785. The second kappa shape index (κ2) is 7.73. The third-order valence-corrected chi connectivity index (χ3v) is 3.92. The predicted octanol–water partition coefficient (Wildman–Crippen LogP) is 1.70. The molecule has 0 spiro atoms. The van der Waals surface area contributed by atoms with E-state index in [1.54, 1.807) is 43.4 Å². The molecule has 136 valence electrons. The van der Waals surface area contributed by atoms with Crippen LogP contribution in [0.1, 0.15) is 21.7 Å². The molecule has 1 aliphatic rings. The number of carbonyl (C=O) groups is 3. The molecule has 1 N–H and O–H groups in total. The molecule has 26 heavy (non-hydrogen) atoms. The lowest BCUT2D eigenvalue weighted by molar-refractivity contribution is -0.140. The molecule has 8 nitrogen and oxygen atoms in total. The number of nitrogens with one attached hydrogen (secondary N) is 1. The van der Waals surface area contributed by atoms with Crippen LogP contribution < -0.4 is 5.32 Å². The summed E-state index contributed by atoms with van der Waals surface area (Å²) in [6.07, 6.45) is -0.298. The predicted molar refractivity (Wildman–Crippen MR) is 89.0 cm³/mol. The van der Waals surface area contributed by atoms with Gasteiger partial charge in [0.15, 0.2) is 0 Å². The number of amides is 2. The van der Waals surface area contributed by atoms with Gasteiger partial charge in [-0.15, -0.1) is 0 Å². The fraction of sp³-hybridized carbons (Fsp3) is 0.278. The van der Waals surface area contributed by atoms with Crippen LogP contribution >= 0.6 is 0 Å². The molecule has 0 aliphatic carbocycles. The van der Waals surface area contributed by atoms with Crippen molar-refractivity contribution in [3.8, 4) is 0 Å². The van der Waals surface area contributed by atoms with E-state index in [9.17, 15) is 14.4 Å². The van der Waals surface area contributed by atoms with Crippen LogP contribution in [0.25, 0.3) is 0 Å². The van der Waals surface area contributed by atoms with Gasteiger partial charge in [-0.25, -0.2) is 4.79 Å². The lowest BCUT2D eigenvalue weighted by Gasteiger charge is -2.23. The number of furan rings is 1. The second-order valence-electron chi connectivity index (χ2n) is 5.72. The molecule has 1 atom stereocenters. The molecular formula is C18H18N2O6. The van der Waals surface area contributed by atoms with Crippen molar-refractivity contribution in [2.24, 2.45) is 0 Å². The van der Waals surface area contributed by atoms with E-state index in [0.717, 1.165) is 5.56 Å². The maximum Gasteiger partial charge on any atom is 0.509 e. The zero-order valence-corrected chi connectivity index (χ0v) is 14.1. The van der Waals surface area contributed by atoms with E-state index < -0.39 is 12.3 Å². The topological polar surface area (TPSA) is 98.1 Å². The van der Waals surface area contributed by atoms with Crippen LogP contribution in [0, 0.1) is 0 Å². The summed E-state index contributed by atoms with van der Waals surface area (Å²) in [4.78, 5) is 37.0. The summed E-state index contributed by atoms with van der Waals surface area (Å²) in [5, 5.41) is 2.55. The van der Waals surface area contributed by atoms with E-state index in [4.69, 9.17) is 13.9 Å². The van der Waals surface area contributed by atoms with E-state index in [-0.39, 0.29) is 31.5 Å². The van der Waals surface area contributed by atoms with Gasteiger partial charge in [-0.05, 0) is 29.8 Å². The van der Waals surface area contributed by atoms with Gasteiger partial charge in [-0.2, -0.15) is 0 Å². The number of rotatable bonds is 6. The van der Waals surface area contributed by atoms with E-state index in [1.807, 2.05) is 0 Å². The third-order valence-electron chi connectivity index (χ3n) is 3.92. The molecule has 1 aromatic carbocycles. The number of nitrogens with zero attached hydrogens (tertiary/aromatic N) is 1. The van der Waals surface area contributed by atoms with Crippen molar-refractivity contribution < 1.29 is 28.3 Å². The van der Waals surface area contributed by atoms with Crippen molar-refractivity contribution in [2.75, 3.05) is 13.7 Å². The number of ether oxygens (including phenoxy) is 2. The minimum atomic E-state index is -0.970. The normalized spacial score (nSPS) is 15.9. The highest BCUT2D eigenvalue weighted by molar-refractivity contribution is 5.94. The number of cyclic esters (lactones) is 2. The van der Waals surface area contributed by atoms with Gasteiger partial charge in [-0.3, -0.25) is 9.59 Å². The highest BCUT2D eigenvalue weighted by atomic mass is 16.8. The first kappa shape index (κ1) is 17.5. The standard InChI is InChI=1S/C18H18N2O6/c1-19-16(21)13-6-4-12(5-7-13)9-20(10-14-3-2-8-24-14)17(22)15-11-25-18(23)26-15/h2-8,15H,9-11H2,1H3,(H,19,21). The monoisotopic (exact) mass is 358 g/mol. The zero-order chi connectivity index (χ0) is 18.5. The third kappa shape index (κ3) is 4.02. The molecule has 0 bridgehead atoms. The highest BCUT2D eigenvalue weighted by Gasteiger charge is 2.35. The van der Waals surface area contributed by atoms with Crippen LogP contribution in [-0.4, -0.2) is 42.6 Å². The first-order chi connectivity index (χ1) is 12.6. The lowest BCUT2D eigenvalue weighted by Crippen LogP contribution is -2.39. The molecular weight excluding hydrogens is 340 g/mol. The van der Waals surface area contributed by atoms with Crippen molar-refractivity contribution in [1.29, 1.82) is 0 Å². The molecule has 1 aliphatic heterocycles. The molecule has 0 radical (unpaired) electrons. The molecule has 3 rings (SSSR count). The second-order valence-corrected chi connectivity index (χ2v) is 5.72. The maximum absolute atomic E-state index is 12.7. The molecule has 2 heterocycles. The first-order valence-corrected chi connectivity index (χ1v) is 8.02. The van der Waals surface area contributed by atoms with Gasteiger partial charge in [-0.1, -0.05) is 12.1 Å². The number of hydrogen-bond donors (Lipinski definition) is 1. The van der Waals surface area contributed by atoms with Crippen LogP contribution in [-0.2, 0) is 27.4 Å². The van der Waals surface area contributed by atoms with Crippen LogP contribution in [0.15, 0.2) is 47.1 Å². The molecule has 8 heteroatoms. The van der Waals surface area contributed by atoms with Crippen molar-refractivity contribution >= 4 is 18.0 Å². The van der Waals surface area contributed by atoms with Crippen LogP contribution in [0.5, 0.6) is 0 Å². The molecule has 2 amide bonds. The van der Waals surface area contributed by atoms with E-state index >= 15 is 0 Å². The average molecular weight is 358 g/mol. The Hall–Kier alpha value is -3.29. The van der Waals surface area contributed by atoms with Crippen molar-refractivity contribution in [1.82, 2.24) is 10.2 Å². The molecule has 2 aromatic rings. The molecule has 1 unspecified atom stereocenters. The largest absolute Gasteiger partial charge is 0.509 e. The fourth-order valence-corrected chi connectivity index (χ4v) is 2.58. The molecule has 1 aromatic heterocycles. The Morgan fingerprint density at radius 1 is 1.19 bits per heavy atom. The summed E-state index contributed by atoms with van der Waals surface area (Å²) in [6.45, 7) is 0.376. The SMILES string of the molecule is CNC(=O)c1ccc(CN(Cc2ccco2)C(=O)C2COC(=O)O2)cc1. The highest BCUT2D eigenvalue weighted by Crippen LogP contribution is 2.16. The summed E-state index contributed by atoms with van der Waals surface area (Å²) in [5.41, 5.74) is 1.35. The maximum atomic E-state index is 12.7. The minimum absolute atomic E-state index is 0.109. The molecule has 0 saturated carbocycles. The molecule has 1 saturated heterocycles. The van der Waals surface area contributed by atoms with Gasteiger partial charge in [0.25, 0.3) is 11.8 Å². The number of hydrogen-bond acceptors (Lipinski definition) is 6. The Kier molecular flexibility index (Phi) is 5.21. The zero-order valence-electron chi connectivity index (χ0n) is 14.1. The first-order valence-electron chi connectivity index (χ1n) is 8.02. The van der Waals surface area contributed by atoms with E-state index in [0.29, 0.717) is 11.3 Å². The average Bonchev–Trinajstić information content (AvgIpc) is 3.32. The summed E-state index contributed by atoms with van der Waals surface area (Å²) in [6, 6.07) is 10.4. The molecule has 1 fully saturated rings. The summed E-state index contributed by atoms with van der Waals surface area (Å²) in [5.74, 6) is 0.0447. The van der Waals surface area contributed by atoms with E-state index in [2.05, 4.69) is 5.32 Å². The lowest BCUT2D eigenvalue weighted by atomic mass is 10.1. The smallest absolute Gasteiger partial charge is 0.467 e. The van der Waals surface area contributed by atoms with E-state index in [1.165, 1.54) is 11.2 Å². The Morgan fingerprint density at radius 2 is 1.96 bits per heavy atom. The Morgan fingerprint density at radius 3 is 2.54 bits per heavy atom. The van der Waals surface area contributed by atoms with Crippen LogP contribution in [0.4, 0.5) is 4.79 Å². The van der Waals surface area contributed by atoms with Gasteiger partial charge < -0.3 is 24.1 Å².